The van der Waals surface area contributed by atoms with Gasteiger partial charge >= 0.3 is 0 Å². The fourth-order valence-corrected chi connectivity index (χ4v) is 3.45. The molecular weight excluding hydrogens is 295 g/mol. The summed E-state index contributed by atoms with van der Waals surface area (Å²) >= 11 is 0. The van der Waals surface area contributed by atoms with E-state index < -0.39 is 0 Å². The zero-order chi connectivity index (χ0) is 16.9. The summed E-state index contributed by atoms with van der Waals surface area (Å²) in [6.45, 7) is 7.40. The van der Waals surface area contributed by atoms with Crippen molar-refractivity contribution in [2.24, 2.45) is 0 Å². The molecule has 0 radical (unpaired) electrons. The van der Waals surface area contributed by atoms with Gasteiger partial charge in [-0.25, -0.2) is 9.07 Å². The zero-order valence-corrected chi connectivity index (χ0v) is 13.8. The highest BCUT2D eigenvalue weighted by Crippen LogP contribution is 2.36. The Bertz CT molecular complexity index is 760. The highest BCUT2D eigenvalue weighted by molar-refractivity contribution is 5.58. The molecule has 0 bridgehead atoms. The van der Waals surface area contributed by atoms with Gasteiger partial charge in [-0.3, -0.25) is 4.79 Å². The zero-order valence-electron chi connectivity index (χ0n) is 13.8. The van der Waals surface area contributed by atoms with Gasteiger partial charge in [-0.05, 0) is 51.0 Å². The van der Waals surface area contributed by atoms with Gasteiger partial charge < -0.3 is 10.6 Å². The molecule has 3 rings (SSSR count). The highest BCUT2D eigenvalue weighted by atomic mass is 19.1. The monoisotopic (exact) mass is 316 g/mol. The van der Waals surface area contributed by atoms with Crippen molar-refractivity contribution in [3.05, 3.63) is 40.3 Å². The lowest BCUT2D eigenvalue weighted by Gasteiger charge is -2.35. The standard InChI is InChI=1S/C17H21FN4O/c1-9-5-13(6-10(2)16(9)18)22-17(19)15-12(4)21(8-23)11(3)7-14(15)20-22/h5-6,8,11-12H,7,19H2,1-4H3/t11?,12-/m0/s1. The second-order valence-corrected chi connectivity index (χ2v) is 6.33. The Hall–Kier alpha value is -2.37. The molecule has 1 aliphatic rings. The Morgan fingerprint density at radius 1 is 1.30 bits per heavy atom. The highest BCUT2D eigenvalue weighted by Gasteiger charge is 2.33. The molecule has 6 heteroatoms. The maximum absolute atomic E-state index is 13.9. The first-order valence-electron chi connectivity index (χ1n) is 7.72. The molecule has 2 aromatic rings. The number of anilines is 1. The van der Waals surface area contributed by atoms with Crippen molar-refractivity contribution in [1.82, 2.24) is 14.7 Å². The number of rotatable bonds is 2. The minimum atomic E-state index is -0.210. The first-order valence-corrected chi connectivity index (χ1v) is 7.72. The van der Waals surface area contributed by atoms with Gasteiger partial charge in [0.25, 0.3) is 0 Å². The van der Waals surface area contributed by atoms with E-state index in [0.717, 1.165) is 23.4 Å². The average Bonchev–Trinajstić information content (AvgIpc) is 2.81. The third-order valence-corrected chi connectivity index (χ3v) is 4.69. The number of amides is 1. The van der Waals surface area contributed by atoms with Crippen LogP contribution in [-0.2, 0) is 11.2 Å². The van der Waals surface area contributed by atoms with Gasteiger partial charge in [-0.1, -0.05) is 0 Å². The maximum Gasteiger partial charge on any atom is 0.210 e. The van der Waals surface area contributed by atoms with Crippen LogP contribution in [0.15, 0.2) is 12.1 Å². The molecule has 1 aromatic heterocycles. The fourth-order valence-electron chi connectivity index (χ4n) is 3.45. The number of nitrogen functional groups attached to an aromatic ring is 1. The summed E-state index contributed by atoms with van der Waals surface area (Å²) < 4.78 is 15.5. The largest absolute Gasteiger partial charge is 0.383 e. The van der Waals surface area contributed by atoms with Crippen LogP contribution in [0.2, 0.25) is 0 Å². The number of carbonyl (C=O) groups is 1. The first kappa shape index (κ1) is 15.5. The second kappa shape index (κ2) is 5.37. The van der Waals surface area contributed by atoms with E-state index in [2.05, 4.69) is 5.10 Å². The van der Waals surface area contributed by atoms with Crippen LogP contribution in [0.4, 0.5) is 10.2 Å². The average molecular weight is 316 g/mol. The lowest BCUT2D eigenvalue weighted by Crippen LogP contribution is -2.39. The molecule has 2 N–H and O–H groups in total. The van der Waals surface area contributed by atoms with Crippen molar-refractivity contribution in [3.8, 4) is 5.69 Å². The predicted octanol–water partition coefficient (Wildman–Crippen LogP) is 2.67. The smallest absolute Gasteiger partial charge is 0.210 e. The number of hydrogen-bond donors (Lipinski definition) is 1. The number of hydrogen-bond acceptors (Lipinski definition) is 3. The number of halogens is 1. The van der Waals surface area contributed by atoms with Gasteiger partial charge in [-0.2, -0.15) is 5.10 Å². The van der Waals surface area contributed by atoms with Crippen LogP contribution in [0.3, 0.4) is 0 Å². The molecule has 0 aliphatic carbocycles. The summed E-state index contributed by atoms with van der Waals surface area (Å²) in [6, 6.07) is 3.43. The summed E-state index contributed by atoms with van der Waals surface area (Å²) in [7, 11) is 0. The predicted molar refractivity (Wildman–Crippen MR) is 86.9 cm³/mol. The van der Waals surface area contributed by atoms with Crippen LogP contribution in [0, 0.1) is 19.7 Å². The van der Waals surface area contributed by atoms with Gasteiger partial charge in [0.1, 0.15) is 11.6 Å². The van der Waals surface area contributed by atoms with Crippen molar-refractivity contribution in [3.63, 3.8) is 0 Å². The Morgan fingerprint density at radius 3 is 2.48 bits per heavy atom. The van der Waals surface area contributed by atoms with Crippen LogP contribution in [0.5, 0.6) is 0 Å². The lowest BCUT2D eigenvalue weighted by atomic mass is 9.95. The van der Waals surface area contributed by atoms with Crippen LogP contribution >= 0.6 is 0 Å². The van der Waals surface area contributed by atoms with Crippen molar-refractivity contribution < 1.29 is 9.18 Å². The van der Waals surface area contributed by atoms with Crippen molar-refractivity contribution in [1.29, 1.82) is 0 Å². The molecular formula is C17H21FN4O. The summed E-state index contributed by atoms with van der Waals surface area (Å²) in [5.41, 5.74) is 9.96. The van der Waals surface area contributed by atoms with E-state index in [1.165, 1.54) is 0 Å². The van der Waals surface area contributed by atoms with Crippen LogP contribution in [0.1, 0.15) is 42.3 Å². The molecule has 1 aliphatic heterocycles. The van der Waals surface area contributed by atoms with E-state index in [1.807, 2.05) is 13.8 Å². The molecule has 23 heavy (non-hydrogen) atoms. The number of nitrogens with two attached hydrogens (primary N) is 1. The van der Waals surface area contributed by atoms with E-state index >= 15 is 0 Å². The quantitative estimate of drug-likeness (QED) is 0.866. The molecule has 0 spiro atoms. The third-order valence-electron chi connectivity index (χ3n) is 4.69. The van der Waals surface area contributed by atoms with Gasteiger partial charge in [0.2, 0.25) is 6.41 Å². The summed E-state index contributed by atoms with van der Waals surface area (Å²) in [6.07, 6.45) is 1.52. The Labute approximate surface area is 134 Å². The lowest BCUT2D eigenvalue weighted by molar-refractivity contribution is -0.122. The molecule has 1 amide bonds. The van der Waals surface area contributed by atoms with E-state index in [4.69, 9.17) is 5.73 Å². The number of fused-ring (bicyclic) bond motifs is 1. The Kier molecular flexibility index (Phi) is 3.62. The van der Waals surface area contributed by atoms with E-state index in [-0.39, 0.29) is 17.9 Å². The van der Waals surface area contributed by atoms with Crippen molar-refractivity contribution in [2.75, 3.05) is 5.73 Å². The van der Waals surface area contributed by atoms with E-state index in [1.54, 1.807) is 35.6 Å². The van der Waals surface area contributed by atoms with E-state index in [0.29, 0.717) is 23.4 Å². The Morgan fingerprint density at radius 2 is 1.91 bits per heavy atom. The third kappa shape index (κ3) is 2.29. The molecule has 0 fully saturated rings. The van der Waals surface area contributed by atoms with Crippen molar-refractivity contribution in [2.45, 2.75) is 46.2 Å². The summed E-state index contributed by atoms with van der Waals surface area (Å²) in [4.78, 5) is 13.1. The fraction of sp³-hybridized carbons (Fsp3) is 0.412. The van der Waals surface area contributed by atoms with Crippen LogP contribution in [-0.4, -0.2) is 27.1 Å². The first-order chi connectivity index (χ1) is 10.8. The molecule has 2 atom stereocenters. The maximum atomic E-state index is 13.9. The molecule has 1 aromatic carbocycles. The number of carbonyl (C=O) groups excluding carboxylic acids is 1. The number of aryl methyl sites for hydroxylation is 2. The normalized spacial score (nSPS) is 20.5. The van der Waals surface area contributed by atoms with Gasteiger partial charge in [-0.15, -0.1) is 0 Å². The van der Waals surface area contributed by atoms with Crippen molar-refractivity contribution >= 4 is 12.2 Å². The number of aromatic nitrogens is 2. The molecule has 2 heterocycles. The molecule has 5 nitrogen and oxygen atoms in total. The van der Waals surface area contributed by atoms with E-state index in [9.17, 15) is 9.18 Å². The minimum Gasteiger partial charge on any atom is -0.383 e. The Balaban J connectivity index is 2.15. The SMILES string of the molecule is Cc1cc(-n2nc3c(c2N)[C@H](C)N(C=O)C(C)C3)cc(C)c1F. The second-order valence-electron chi connectivity index (χ2n) is 6.33. The van der Waals surface area contributed by atoms with Gasteiger partial charge in [0.15, 0.2) is 0 Å². The molecule has 122 valence electrons. The number of benzene rings is 1. The van der Waals surface area contributed by atoms with Crippen LogP contribution in [0.25, 0.3) is 5.69 Å². The van der Waals surface area contributed by atoms with Crippen LogP contribution < -0.4 is 5.73 Å². The molecule has 0 saturated heterocycles. The minimum absolute atomic E-state index is 0.0782. The van der Waals surface area contributed by atoms with Gasteiger partial charge in [0, 0.05) is 18.0 Å². The summed E-state index contributed by atoms with van der Waals surface area (Å²) in [5.74, 6) is 0.301. The topological polar surface area (TPSA) is 64.2 Å². The van der Waals surface area contributed by atoms with Gasteiger partial charge in [0.05, 0.1) is 17.4 Å². The molecule has 0 saturated carbocycles. The summed E-state index contributed by atoms with van der Waals surface area (Å²) in [5, 5.41) is 4.63. The number of nitrogens with zero attached hydrogens (tertiary/aromatic N) is 3. The molecule has 1 unspecified atom stereocenters.